The van der Waals surface area contributed by atoms with Crippen LogP contribution in [0.15, 0.2) is 24.3 Å². The Morgan fingerprint density at radius 1 is 0.913 bits per heavy atom. The van der Waals surface area contributed by atoms with Crippen LogP contribution in [-0.2, 0) is 22.4 Å². The van der Waals surface area contributed by atoms with Crippen LogP contribution in [0.5, 0.6) is 0 Å². The van der Waals surface area contributed by atoms with Crippen LogP contribution in [0.25, 0.3) is 0 Å². The predicted octanol–water partition coefficient (Wildman–Crippen LogP) is 3.38. The molecular weight excluding hydrogens is 292 g/mol. The van der Waals surface area contributed by atoms with E-state index in [1.54, 1.807) is 0 Å². The van der Waals surface area contributed by atoms with E-state index in [-0.39, 0.29) is 11.8 Å². The maximum atomic E-state index is 10.8. The molecule has 0 aliphatic heterocycles. The van der Waals surface area contributed by atoms with Crippen LogP contribution in [-0.4, -0.2) is 22.2 Å². The zero-order chi connectivity index (χ0) is 16.4. The van der Waals surface area contributed by atoms with Crippen LogP contribution in [0.1, 0.15) is 43.2 Å². The number of aliphatic carboxylic acids is 2. The molecule has 2 bridgehead atoms. The topological polar surface area (TPSA) is 74.6 Å². The van der Waals surface area contributed by atoms with Gasteiger partial charge in [-0.2, -0.15) is 0 Å². The number of fused-ring (bicyclic) bond motifs is 3. The molecule has 3 aliphatic carbocycles. The lowest BCUT2D eigenvalue weighted by molar-refractivity contribution is -0.143. The SMILES string of the molecule is O=C(O)C1CC2CCC1C2.O=C(O)C1CCc2ccccc2C1. The molecule has 4 rings (SSSR count). The lowest BCUT2D eigenvalue weighted by Crippen LogP contribution is -2.21. The fraction of sp³-hybridized carbons (Fsp3) is 0.579. The normalized spacial score (nSPS) is 31.0. The van der Waals surface area contributed by atoms with Crippen molar-refractivity contribution in [2.24, 2.45) is 23.7 Å². The summed E-state index contributed by atoms with van der Waals surface area (Å²) in [7, 11) is 0. The molecule has 2 fully saturated rings. The minimum Gasteiger partial charge on any atom is -0.481 e. The zero-order valence-corrected chi connectivity index (χ0v) is 13.3. The molecule has 0 aromatic heterocycles. The lowest BCUT2D eigenvalue weighted by Gasteiger charge is -2.20. The zero-order valence-electron chi connectivity index (χ0n) is 13.3. The Labute approximate surface area is 136 Å². The number of carboxylic acid groups (broad SMARTS) is 2. The number of carboxylic acids is 2. The van der Waals surface area contributed by atoms with E-state index in [4.69, 9.17) is 10.2 Å². The largest absolute Gasteiger partial charge is 0.481 e. The Kier molecular flexibility index (Phi) is 4.69. The van der Waals surface area contributed by atoms with Gasteiger partial charge in [0.05, 0.1) is 11.8 Å². The third-order valence-electron chi connectivity index (χ3n) is 5.75. The van der Waals surface area contributed by atoms with E-state index in [1.165, 1.54) is 30.4 Å². The lowest BCUT2D eigenvalue weighted by atomic mass is 9.84. The van der Waals surface area contributed by atoms with Gasteiger partial charge in [0.1, 0.15) is 0 Å². The van der Waals surface area contributed by atoms with Crippen LogP contribution in [0.2, 0.25) is 0 Å². The van der Waals surface area contributed by atoms with Crippen molar-refractivity contribution in [2.75, 3.05) is 0 Å². The van der Waals surface area contributed by atoms with Gasteiger partial charge in [-0.25, -0.2) is 0 Å². The van der Waals surface area contributed by atoms with Crippen molar-refractivity contribution in [2.45, 2.75) is 44.9 Å². The van der Waals surface area contributed by atoms with E-state index >= 15 is 0 Å². The highest BCUT2D eigenvalue weighted by Crippen LogP contribution is 2.48. The van der Waals surface area contributed by atoms with Crippen molar-refractivity contribution < 1.29 is 19.8 Å². The van der Waals surface area contributed by atoms with Crippen LogP contribution in [0.3, 0.4) is 0 Å². The second kappa shape index (κ2) is 6.73. The van der Waals surface area contributed by atoms with E-state index in [0.717, 1.165) is 25.2 Å². The molecule has 1 aromatic rings. The summed E-state index contributed by atoms with van der Waals surface area (Å²) in [6.45, 7) is 0. The molecule has 4 heteroatoms. The van der Waals surface area contributed by atoms with Gasteiger partial charge in [0.2, 0.25) is 0 Å². The molecule has 4 unspecified atom stereocenters. The van der Waals surface area contributed by atoms with Gasteiger partial charge in [-0.3, -0.25) is 9.59 Å². The van der Waals surface area contributed by atoms with E-state index < -0.39 is 11.9 Å². The number of aryl methyl sites for hydroxylation is 1. The highest BCUT2D eigenvalue weighted by atomic mass is 16.4. The highest BCUT2D eigenvalue weighted by Gasteiger charge is 2.42. The summed E-state index contributed by atoms with van der Waals surface area (Å²) in [6.07, 6.45) is 7.00. The first-order valence-corrected chi connectivity index (χ1v) is 8.57. The minimum absolute atomic E-state index is 0.0127. The van der Waals surface area contributed by atoms with Gasteiger partial charge in [-0.1, -0.05) is 30.7 Å². The van der Waals surface area contributed by atoms with Crippen molar-refractivity contribution in [1.29, 1.82) is 0 Å². The molecular formula is C19H24O4. The molecule has 0 radical (unpaired) electrons. The molecule has 1 aromatic carbocycles. The molecule has 124 valence electrons. The molecule has 2 saturated carbocycles. The number of hydrogen-bond donors (Lipinski definition) is 2. The maximum Gasteiger partial charge on any atom is 0.306 e. The first-order valence-electron chi connectivity index (χ1n) is 8.57. The standard InChI is InChI=1S/C11H12O2.C8H12O2/c12-11(13)10-6-5-8-3-1-2-4-9(8)7-10;9-8(10)7-4-5-1-2-6(7)3-5/h1-4,10H,5-7H2,(H,12,13);5-7H,1-4H2,(H,9,10). The molecule has 23 heavy (non-hydrogen) atoms. The summed E-state index contributed by atoms with van der Waals surface area (Å²) in [5, 5.41) is 17.6. The van der Waals surface area contributed by atoms with Gasteiger partial charge in [0.25, 0.3) is 0 Å². The molecule has 2 N–H and O–H groups in total. The average Bonchev–Trinajstić information content (AvgIpc) is 3.18. The van der Waals surface area contributed by atoms with Crippen molar-refractivity contribution in [3.05, 3.63) is 35.4 Å². The van der Waals surface area contributed by atoms with Gasteiger partial charge in [0, 0.05) is 0 Å². The average molecular weight is 316 g/mol. The van der Waals surface area contributed by atoms with E-state index in [0.29, 0.717) is 12.3 Å². The monoisotopic (exact) mass is 316 g/mol. The fourth-order valence-corrected chi connectivity index (χ4v) is 4.46. The van der Waals surface area contributed by atoms with Gasteiger partial charge in [-0.05, 0) is 61.5 Å². The minimum atomic E-state index is -0.658. The Bertz CT molecular complexity index is 595. The summed E-state index contributed by atoms with van der Waals surface area (Å²) >= 11 is 0. The quantitative estimate of drug-likeness (QED) is 0.877. The first-order chi connectivity index (χ1) is 11.0. The Balaban J connectivity index is 0.000000140. The number of rotatable bonds is 2. The van der Waals surface area contributed by atoms with Crippen LogP contribution in [0.4, 0.5) is 0 Å². The van der Waals surface area contributed by atoms with Crippen molar-refractivity contribution >= 4 is 11.9 Å². The van der Waals surface area contributed by atoms with Gasteiger partial charge in [0.15, 0.2) is 0 Å². The predicted molar refractivity (Wildman–Crippen MR) is 86.2 cm³/mol. The number of hydrogen-bond acceptors (Lipinski definition) is 2. The molecule has 0 saturated heterocycles. The third-order valence-corrected chi connectivity index (χ3v) is 5.75. The molecule has 0 spiro atoms. The van der Waals surface area contributed by atoms with Gasteiger partial charge < -0.3 is 10.2 Å². The van der Waals surface area contributed by atoms with Crippen LogP contribution >= 0.6 is 0 Å². The molecule has 0 amide bonds. The van der Waals surface area contributed by atoms with Crippen LogP contribution in [0, 0.1) is 23.7 Å². The van der Waals surface area contributed by atoms with Crippen molar-refractivity contribution in [3.63, 3.8) is 0 Å². The smallest absolute Gasteiger partial charge is 0.306 e. The van der Waals surface area contributed by atoms with Gasteiger partial charge in [-0.15, -0.1) is 0 Å². The van der Waals surface area contributed by atoms with Crippen molar-refractivity contribution in [1.82, 2.24) is 0 Å². The Morgan fingerprint density at radius 3 is 2.17 bits per heavy atom. The summed E-state index contributed by atoms with van der Waals surface area (Å²) in [5.74, 6) is -0.0936. The van der Waals surface area contributed by atoms with Gasteiger partial charge >= 0.3 is 11.9 Å². The van der Waals surface area contributed by atoms with E-state index in [2.05, 4.69) is 6.07 Å². The summed E-state index contributed by atoms with van der Waals surface area (Å²) in [4.78, 5) is 21.4. The third kappa shape index (κ3) is 3.57. The highest BCUT2D eigenvalue weighted by molar-refractivity contribution is 5.71. The summed E-state index contributed by atoms with van der Waals surface area (Å²) in [6, 6.07) is 8.11. The first kappa shape index (κ1) is 16.0. The summed E-state index contributed by atoms with van der Waals surface area (Å²) in [5.41, 5.74) is 2.53. The molecule has 3 aliphatic rings. The second-order valence-corrected chi connectivity index (χ2v) is 7.17. The van der Waals surface area contributed by atoms with E-state index in [9.17, 15) is 9.59 Å². The van der Waals surface area contributed by atoms with Crippen LogP contribution < -0.4 is 0 Å². The Hall–Kier alpha value is -1.84. The Morgan fingerprint density at radius 2 is 1.65 bits per heavy atom. The number of benzene rings is 1. The number of carbonyl (C=O) groups is 2. The maximum absolute atomic E-state index is 10.8. The van der Waals surface area contributed by atoms with E-state index in [1.807, 2.05) is 18.2 Å². The second-order valence-electron chi connectivity index (χ2n) is 7.17. The molecule has 4 atom stereocenters. The summed E-state index contributed by atoms with van der Waals surface area (Å²) < 4.78 is 0. The molecule has 0 heterocycles. The molecule has 4 nitrogen and oxygen atoms in total. The van der Waals surface area contributed by atoms with Crippen molar-refractivity contribution in [3.8, 4) is 0 Å². The fourth-order valence-electron chi connectivity index (χ4n) is 4.46.